The molecular formula is C27H28F3N7O. The number of anilines is 2. The van der Waals surface area contributed by atoms with Gasteiger partial charge in [0.15, 0.2) is 0 Å². The Morgan fingerprint density at radius 2 is 1.84 bits per heavy atom. The highest BCUT2D eigenvalue weighted by molar-refractivity contribution is 6.14. The fraction of sp³-hybridized carbons (Fsp3) is 0.370. The molecule has 0 bridgehead atoms. The third-order valence-electron chi connectivity index (χ3n) is 7.00. The van der Waals surface area contributed by atoms with Crippen molar-refractivity contribution in [3.8, 4) is 0 Å². The lowest BCUT2D eigenvalue weighted by atomic mass is 10.0. The summed E-state index contributed by atoms with van der Waals surface area (Å²) in [5.41, 5.74) is 1.98. The van der Waals surface area contributed by atoms with Crippen molar-refractivity contribution in [3.63, 3.8) is 0 Å². The van der Waals surface area contributed by atoms with Crippen LogP contribution in [0.3, 0.4) is 0 Å². The molecule has 1 aromatic carbocycles. The second-order valence-electron chi connectivity index (χ2n) is 9.42. The van der Waals surface area contributed by atoms with Gasteiger partial charge in [-0.1, -0.05) is 0 Å². The number of rotatable bonds is 6. The summed E-state index contributed by atoms with van der Waals surface area (Å²) in [5, 5.41) is 9.76. The molecule has 5 rings (SSSR count). The summed E-state index contributed by atoms with van der Waals surface area (Å²) in [5.74, 6) is -0.248. The highest BCUT2D eigenvalue weighted by Gasteiger charge is 2.36. The van der Waals surface area contributed by atoms with Crippen LogP contribution in [-0.4, -0.2) is 71.4 Å². The predicted molar refractivity (Wildman–Crippen MR) is 140 cm³/mol. The zero-order valence-electron chi connectivity index (χ0n) is 20.9. The summed E-state index contributed by atoms with van der Waals surface area (Å²) in [6, 6.07) is 5.82. The molecule has 0 unspecified atom stereocenters. The van der Waals surface area contributed by atoms with E-state index in [9.17, 15) is 18.3 Å². The van der Waals surface area contributed by atoms with E-state index in [1.807, 2.05) is 4.90 Å². The van der Waals surface area contributed by atoms with Crippen LogP contribution in [0.5, 0.6) is 0 Å². The van der Waals surface area contributed by atoms with Crippen LogP contribution in [0.25, 0.3) is 0 Å². The quantitative estimate of drug-likeness (QED) is 0.487. The summed E-state index contributed by atoms with van der Waals surface area (Å²) in [4.78, 5) is 25.9. The number of pyridine rings is 1. The molecule has 2 aliphatic heterocycles. The molecule has 2 atom stereocenters. The van der Waals surface area contributed by atoms with Crippen molar-refractivity contribution in [2.24, 2.45) is 9.98 Å². The fourth-order valence-electron chi connectivity index (χ4n) is 5.05. The van der Waals surface area contributed by atoms with Gasteiger partial charge in [-0.2, -0.15) is 0 Å². The van der Waals surface area contributed by atoms with Crippen LogP contribution in [0.2, 0.25) is 0 Å². The molecule has 2 saturated heterocycles. The monoisotopic (exact) mass is 523 g/mol. The van der Waals surface area contributed by atoms with Gasteiger partial charge in [0.1, 0.15) is 29.3 Å². The Hall–Kier alpha value is -3.86. The van der Waals surface area contributed by atoms with Gasteiger partial charge >= 0.3 is 0 Å². The van der Waals surface area contributed by atoms with Crippen LogP contribution >= 0.6 is 0 Å². The van der Waals surface area contributed by atoms with Crippen molar-refractivity contribution >= 4 is 29.9 Å². The lowest BCUT2D eigenvalue weighted by molar-refractivity contribution is 0.145. The molecule has 2 aromatic heterocycles. The van der Waals surface area contributed by atoms with E-state index in [-0.39, 0.29) is 24.6 Å². The Morgan fingerprint density at radius 1 is 1.11 bits per heavy atom. The molecule has 0 spiro atoms. The van der Waals surface area contributed by atoms with E-state index >= 15 is 0 Å². The third kappa shape index (κ3) is 5.10. The number of aliphatic imine (C=N–C) groups is 2. The molecule has 8 nitrogen and oxygen atoms in total. The minimum absolute atomic E-state index is 0.0103. The van der Waals surface area contributed by atoms with Gasteiger partial charge in [0, 0.05) is 50.1 Å². The van der Waals surface area contributed by atoms with Gasteiger partial charge in [-0.05, 0) is 49.9 Å². The van der Waals surface area contributed by atoms with E-state index in [4.69, 9.17) is 4.98 Å². The minimum atomic E-state index is -1.23. The van der Waals surface area contributed by atoms with E-state index < -0.39 is 23.8 Å². The average Bonchev–Trinajstić information content (AvgIpc) is 3.32. The van der Waals surface area contributed by atoms with Crippen molar-refractivity contribution in [1.29, 1.82) is 0 Å². The molecule has 0 aliphatic carbocycles. The Kier molecular flexibility index (Phi) is 7.37. The molecule has 2 aliphatic rings. The minimum Gasteiger partial charge on any atom is -0.393 e. The van der Waals surface area contributed by atoms with Crippen LogP contribution in [0.4, 0.5) is 30.6 Å². The number of alkyl halides is 1. The maximum atomic E-state index is 14.6. The van der Waals surface area contributed by atoms with Crippen molar-refractivity contribution < 1.29 is 18.3 Å². The first-order valence-electron chi connectivity index (χ1n) is 12.4. The smallest absolute Gasteiger partial charge is 0.225 e. The van der Waals surface area contributed by atoms with Crippen LogP contribution in [0.1, 0.15) is 42.1 Å². The summed E-state index contributed by atoms with van der Waals surface area (Å²) < 4.78 is 43.2. The van der Waals surface area contributed by atoms with Gasteiger partial charge in [0.05, 0.1) is 30.1 Å². The predicted octanol–water partition coefficient (Wildman–Crippen LogP) is 4.20. The van der Waals surface area contributed by atoms with Gasteiger partial charge in [-0.3, -0.25) is 9.98 Å². The number of hydrogen-bond donors (Lipinski definition) is 1. The average molecular weight is 524 g/mol. The number of benzene rings is 1. The molecule has 2 fully saturated rings. The largest absolute Gasteiger partial charge is 0.393 e. The van der Waals surface area contributed by atoms with Gasteiger partial charge in [0.2, 0.25) is 5.95 Å². The maximum absolute atomic E-state index is 14.6. The highest BCUT2D eigenvalue weighted by atomic mass is 19.1. The highest BCUT2D eigenvalue weighted by Crippen LogP contribution is 2.39. The maximum Gasteiger partial charge on any atom is 0.225 e. The molecule has 11 heteroatoms. The molecule has 198 valence electrons. The number of aromatic nitrogens is 3. The zero-order valence-corrected chi connectivity index (χ0v) is 20.9. The first kappa shape index (κ1) is 25.8. The van der Waals surface area contributed by atoms with E-state index in [2.05, 4.69) is 26.7 Å². The molecule has 0 saturated carbocycles. The molecule has 0 radical (unpaired) electrons. The number of hydrogen-bond acceptors (Lipinski definition) is 8. The second-order valence-corrected chi connectivity index (χ2v) is 9.42. The van der Waals surface area contributed by atoms with E-state index in [1.165, 1.54) is 0 Å². The first-order valence-corrected chi connectivity index (χ1v) is 12.4. The van der Waals surface area contributed by atoms with E-state index in [1.54, 1.807) is 36.5 Å². The van der Waals surface area contributed by atoms with Crippen LogP contribution in [0.15, 0.2) is 52.7 Å². The number of nitrogens with zero attached hydrogens (tertiary/aromatic N) is 7. The third-order valence-corrected chi connectivity index (χ3v) is 7.00. The Morgan fingerprint density at radius 3 is 2.53 bits per heavy atom. The topological polar surface area (TPSA) is 90.1 Å². The van der Waals surface area contributed by atoms with Crippen molar-refractivity contribution in [2.75, 3.05) is 36.5 Å². The molecule has 1 N–H and O–H groups in total. The fourth-order valence-corrected chi connectivity index (χ4v) is 5.05. The standard InChI is InChI=1S/C27H28F3N7O/c1-31-22-5-6-24(37-15-18(29)12-23(37)20-11-17(28)3-4-21(20)30)35-26(22)25(32-2)16-13-33-27(34-14-16)36-9-7-19(38)8-10-36/h3-6,11,13-14,18-19,23,38H,1,7-10,12,15H2,2H3/t18-,23+/m0/s1. The van der Waals surface area contributed by atoms with E-state index in [0.29, 0.717) is 60.4 Å². The molecule has 4 heterocycles. The van der Waals surface area contributed by atoms with Crippen molar-refractivity contribution in [3.05, 3.63) is 71.2 Å². The lowest BCUT2D eigenvalue weighted by Crippen LogP contribution is -2.36. The van der Waals surface area contributed by atoms with E-state index in [0.717, 1.165) is 18.2 Å². The van der Waals surface area contributed by atoms with Gasteiger partial charge in [-0.15, -0.1) is 0 Å². The number of aliphatic hydroxyl groups excluding tert-OH is 1. The molecule has 3 aromatic rings. The molecule has 0 amide bonds. The van der Waals surface area contributed by atoms with Gasteiger partial charge in [0.25, 0.3) is 0 Å². The first-order chi connectivity index (χ1) is 18.4. The molecular weight excluding hydrogens is 495 g/mol. The van der Waals surface area contributed by atoms with Crippen LogP contribution in [-0.2, 0) is 0 Å². The van der Waals surface area contributed by atoms with Crippen LogP contribution < -0.4 is 9.80 Å². The van der Waals surface area contributed by atoms with Crippen molar-refractivity contribution in [1.82, 2.24) is 15.0 Å². The number of aliphatic hydroxyl groups is 1. The lowest BCUT2D eigenvalue weighted by Gasteiger charge is -2.29. The van der Waals surface area contributed by atoms with Crippen LogP contribution in [0, 0.1) is 11.6 Å². The molecule has 38 heavy (non-hydrogen) atoms. The van der Waals surface area contributed by atoms with Crippen molar-refractivity contribution in [2.45, 2.75) is 37.6 Å². The summed E-state index contributed by atoms with van der Waals surface area (Å²) >= 11 is 0. The Labute approximate surface area is 218 Å². The second kappa shape index (κ2) is 10.9. The zero-order chi connectivity index (χ0) is 26.8. The number of piperidine rings is 1. The summed E-state index contributed by atoms with van der Waals surface area (Å²) in [6.07, 6.45) is 3.10. The normalized spacial score (nSPS) is 20.7. The summed E-state index contributed by atoms with van der Waals surface area (Å²) in [7, 11) is 1.61. The van der Waals surface area contributed by atoms with Gasteiger partial charge in [-0.25, -0.2) is 28.1 Å². The SMILES string of the molecule is C=Nc1ccc(N2C[C@@H](F)C[C@@H]2c2cc(F)ccc2F)nc1C(=NC)c1cnc(N2CCC(O)CC2)nc1. The number of halogens is 3. The Balaban J connectivity index is 1.47. The van der Waals surface area contributed by atoms with Gasteiger partial charge < -0.3 is 14.9 Å². The Bertz CT molecular complexity index is 1340. The summed E-state index contributed by atoms with van der Waals surface area (Å²) in [6.45, 7) is 4.96.